The first-order valence-corrected chi connectivity index (χ1v) is 8.62. The van der Waals surface area contributed by atoms with Gasteiger partial charge < -0.3 is 14.4 Å². The second-order valence-corrected chi connectivity index (χ2v) is 6.43. The molecule has 0 saturated carbocycles. The van der Waals surface area contributed by atoms with Crippen LogP contribution in [-0.4, -0.2) is 43.2 Å². The van der Waals surface area contributed by atoms with E-state index >= 15 is 0 Å². The molecule has 0 aliphatic carbocycles. The predicted molar refractivity (Wildman–Crippen MR) is 88.9 cm³/mol. The molecule has 3 rings (SSSR count). The standard InChI is InChI=1S/C19H14F7NO3/c20-14-7-13(15(21)17(23)16(14)22)18(28)27-4-5-29-12(8-27)9-30-11-3-1-2-10(6-11)19(24,25)26/h1-3,6-7,12H,4-5,8-9H2/t12-/m1/s1. The summed E-state index contributed by atoms with van der Waals surface area (Å²) in [5, 5.41) is 0. The Morgan fingerprint density at radius 3 is 2.53 bits per heavy atom. The maximum atomic E-state index is 13.9. The summed E-state index contributed by atoms with van der Waals surface area (Å²) < 4.78 is 103. The van der Waals surface area contributed by atoms with Gasteiger partial charge >= 0.3 is 6.18 Å². The molecule has 162 valence electrons. The van der Waals surface area contributed by atoms with Crippen LogP contribution in [0.3, 0.4) is 0 Å². The minimum atomic E-state index is -4.55. The van der Waals surface area contributed by atoms with E-state index < -0.39 is 52.6 Å². The van der Waals surface area contributed by atoms with Crippen LogP contribution in [0.1, 0.15) is 15.9 Å². The van der Waals surface area contributed by atoms with Crippen LogP contribution in [-0.2, 0) is 10.9 Å². The van der Waals surface area contributed by atoms with Crippen LogP contribution in [0.5, 0.6) is 5.75 Å². The highest BCUT2D eigenvalue weighted by Crippen LogP contribution is 2.31. The quantitative estimate of drug-likeness (QED) is 0.409. The molecule has 1 saturated heterocycles. The van der Waals surface area contributed by atoms with Gasteiger partial charge in [0.2, 0.25) is 0 Å². The zero-order valence-electron chi connectivity index (χ0n) is 15.1. The fraction of sp³-hybridized carbons (Fsp3) is 0.316. The molecule has 0 radical (unpaired) electrons. The second kappa shape index (κ2) is 8.50. The molecule has 1 aliphatic rings. The van der Waals surface area contributed by atoms with Crippen LogP contribution in [0.2, 0.25) is 0 Å². The summed E-state index contributed by atoms with van der Waals surface area (Å²) in [7, 11) is 0. The fourth-order valence-electron chi connectivity index (χ4n) is 2.85. The van der Waals surface area contributed by atoms with Gasteiger partial charge in [0.15, 0.2) is 23.3 Å². The monoisotopic (exact) mass is 437 g/mol. The van der Waals surface area contributed by atoms with Crippen molar-refractivity contribution in [3.05, 3.63) is 64.7 Å². The first-order chi connectivity index (χ1) is 14.1. The Balaban J connectivity index is 1.67. The average Bonchev–Trinajstić information content (AvgIpc) is 2.72. The normalized spacial score (nSPS) is 17.2. The van der Waals surface area contributed by atoms with Crippen molar-refractivity contribution < 1.29 is 45.0 Å². The number of benzene rings is 2. The van der Waals surface area contributed by atoms with Crippen LogP contribution in [0.25, 0.3) is 0 Å². The topological polar surface area (TPSA) is 38.8 Å². The van der Waals surface area contributed by atoms with Crippen molar-refractivity contribution >= 4 is 5.91 Å². The Hall–Kier alpha value is -2.82. The van der Waals surface area contributed by atoms with Crippen molar-refractivity contribution in [2.45, 2.75) is 12.3 Å². The summed E-state index contributed by atoms with van der Waals surface area (Å²) in [4.78, 5) is 13.4. The third kappa shape index (κ3) is 4.66. The Morgan fingerprint density at radius 2 is 1.83 bits per heavy atom. The van der Waals surface area contributed by atoms with Crippen molar-refractivity contribution in [2.75, 3.05) is 26.3 Å². The van der Waals surface area contributed by atoms with Gasteiger partial charge in [-0.25, -0.2) is 17.6 Å². The third-order valence-corrected chi connectivity index (χ3v) is 4.36. The Bertz CT molecular complexity index is 948. The van der Waals surface area contributed by atoms with Gasteiger partial charge in [0.25, 0.3) is 5.91 Å². The molecule has 0 unspecified atom stereocenters. The molecule has 1 heterocycles. The lowest BCUT2D eigenvalue weighted by Gasteiger charge is -2.33. The van der Waals surface area contributed by atoms with Gasteiger partial charge in [-0.2, -0.15) is 13.2 Å². The van der Waals surface area contributed by atoms with Gasteiger partial charge in [-0.1, -0.05) is 6.07 Å². The number of alkyl halides is 3. The van der Waals surface area contributed by atoms with Crippen molar-refractivity contribution in [3.8, 4) is 5.75 Å². The molecule has 2 aromatic carbocycles. The van der Waals surface area contributed by atoms with Gasteiger partial charge in [-0.3, -0.25) is 4.79 Å². The summed E-state index contributed by atoms with van der Waals surface area (Å²) in [6.45, 7) is -0.493. The lowest BCUT2D eigenvalue weighted by atomic mass is 10.1. The van der Waals surface area contributed by atoms with E-state index in [1.54, 1.807) is 0 Å². The van der Waals surface area contributed by atoms with E-state index in [1.165, 1.54) is 6.07 Å². The number of halogens is 7. The number of carbonyl (C=O) groups excluding carboxylic acids is 1. The van der Waals surface area contributed by atoms with Gasteiger partial charge in [0.05, 0.1) is 24.3 Å². The van der Waals surface area contributed by atoms with E-state index in [4.69, 9.17) is 9.47 Å². The average molecular weight is 437 g/mol. The van der Waals surface area contributed by atoms with Crippen LogP contribution in [0, 0.1) is 23.3 Å². The molecular weight excluding hydrogens is 423 g/mol. The zero-order chi connectivity index (χ0) is 22.1. The van der Waals surface area contributed by atoms with E-state index in [0.29, 0.717) is 0 Å². The van der Waals surface area contributed by atoms with E-state index in [2.05, 4.69) is 0 Å². The van der Waals surface area contributed by atoms with Gasteiger partial charge in [0, 0.05) is 6.54 Å². The number of hydrogen-bond acceptors (Lipinski definition) is 3. The summed E-state index contributed by atoms with van der Waals surface area (Å²) in [5.74, 6) is -8.82. The summed E-state index contributed by atoms with van der Waals surface area (Å²) >= 11 is 0. The van der Waals surface area contributed by atoms with Gasteiger partial charge in [0.1, 0.15) is 18.5 Å². The van der Waals surface area contributed by atoms with Crippen LogP contribution in [0.15, 0.2) is 30.3 Å². The van der Waals surface area contributed by atoms with Crippen LogP contribution in [0.4, 0.5) is 30.7 Å². The largest absolute Gasteiger partial charge is 0.491 e. The molecule has 1 fully saturated rings. The molecule has 0 aromatic heterocycles. The molecule has 2 aromatic rings. The maximum Gasteiger partial charge on any atom is 0.416 e. The highest BCUT2D eigenvalue weighted by atomic mass is 19.4. The third-order valence-electron chi connectivity index (χ3n) is 4.36. The SMILES string of the molecule is O=C(c1cc(F)c(F)c(F)c1F)N1CCO[C@@H](COc2cccc(C(F)(F)F)c2)C1. The first-order valence-electron chi connectivity index (χ1n) is 8.62. The molecular formula is C19H14F7NO3. The summed E-state index contributed by atoms with van der Waals surface area (Å²) in [5.41, 5.74) is -1.89. The molecule has 0 spiro atoms. The number of rotatable bonds is 4. The van der Waals surface area contributed by atoms with Crippen molar-refractivity contribution in [1.82, 2.24) is 4.90 Å². The molecule has 30 heavy (non-hydrogen) atoms. The van der Waals surface area contributed by atoms with Gasteiger partial charge in [-0.15, -0.1) is 0 Å². The van der Waals surface area contributed by atoms with Crippen molar-refractivity contribution in [1.29, 1.82) is 0 Å². The molecule has 4 nitrogen and oxygen atoms in total. The number of morpholine rings is 1. The molecule has 1 aliphatic heterocycles. The van der Waals surface area contributed by atoms with E-state index in [0.717, 1.165) is 23.1 Å². The Labute approximate surface area is 165 Å². The zero-order valence-corrected chi connectivity index (χ0v) is 15.1. The Kier molecular flexibility index (Phi) is 6.20. The maximum absolute atomic E-state index is 13.9. The fourth-order valence-corrected chi connectivity index (χ4v) is 2.85. The lowest BCUT2D eigenvalue weighted by molar-refractivity contribution is -0.137. The number of carbonyl (C=O) groups is 1. The first kappa shape index (κ1) is 21.9. The number of amides is 1. The van der Waals surface area contributed by atoms with Crippen molar-refractivity contribution in [2.24, 2.45) is 0 Å². The molecule has 1 amide bonds. The van der Waals surface area contributed by atoms with E-state index in [1.807, 2.05) is 0 Å². The van der Waals surface area contributed by atoms with Crippen LogP contribution >= 0.6 is 0 Å². The van der Waals surface area contributed by atoms with Gasteiger partial charge in [-0.05, 0) is 24.3 Å². The molecule has 0 N–H and O–H groups in total. The molecule has 1 atom stereocenters. The number of nitrogens with zero attached hydrogens (tertiary/aromatic N) is 1. The molecule has 11 heteroatoms. The number of ether oxygens (including phenoxy) is 2. The highest BCUT2D eigenvalue weighted by Gasteiger charge is 2.32. The number of hydrogen-bond donors (Lipinski definition) is 0. The predicted octanol–water partition coefficient (Wildman–Crippen LogP) is 4.18. The molecule has 0 bridgehead atoms. The summed E-state index contributed by atoms with van der Waals surface area (Å²) in [6.07, 6.45) is -5.34. The Morgan fingerprint density at radius 1 is 1.10 bits per heavy atom. The van der Waals surface area contributed by atoms with E-state index in [9.17, 15) is 35.5 Å². The smallest absolute Gasteiger partial charge is 0.416 e. The van der Waals surface area contributed by atoms with Crippen LogP contribution < -0.4 is 4.74 Å². The van der Waals surface area contributed by atoms with Crippen molar-refractivity contribution in [3.63, 3.8) is 0 Å². The minimum absolute atomic E-state index is 0.0316. The second-order valence-electron chi connectivity index (χ2n) is 6.43. The highest BCUT2D eigenvalue weighted by molar-refractivity contribution is 5.94. The summed E-state index contributed by atoms with van der Waals surface area (Å²) in [6, 6.07) is 4.40. The minimum Gasteiger partial charge on any atom is -0.491 e. The van der Waals surface area contributed by atoms with E-state index in [-0.39, 0.29) is 38.1 Å². The lowest BCUT2D eigenvalue weighted by Crippen LogP contribution is -2.48.